The van der Waals surface area contributed by atoms with Gasteiger partial charge < -0.3 is 9.64 Å². The van der Waals surface area contributed by atoms with Crippen molar-refractivity contribution in [1.29, 1.82) is 5.26 Å². The Kier molecular flexibility index (Phi) is 4.26. The summed E-state index contributed by atoms with van der Waals surface area (Å²) >= 11 is 3.38. The Balaban J connectivity index is 2.35. The molecule has 2 rings (SSSR count). The summed E-state index contributed by atoms with van der Waals surface area (Å²) in [5, 5.41) is 8.44. The highest BCUT2D eigenvalue weighted by Gasteiger charge is 2.19. The van der Waals surface area contributed by atoms with Gasteiger partial charge in [0.05, 0.1) is 5.70 Å². The fourth-order valence-corrected chi connectivity index (χ4v) is 2.24. The summed E-state index contributed by atoms with van der Waals surface area (Å²) in [7, 11) is 1.82. The number of likely N-dealkylation sites (N-methyl/N-ethyl adjacent to an activating group) is 1. The van der Waals surface area contributed by atoms with Crippen LogP contribution in [0.1, 0.15) is 5.56 Å². The van der Waals surface area contributed by atoms with Gasteiger partial charge >= 0.3 is 0 Å². The zero-order valence-corrected chi connectivity index (χ0v) is 12.4. The maximum atomic E-state index is 14.2. The summed E-state index contributed by atoms with van der Waals surface area (Å²) in [4.78, 5) is 1.80. The molecule has 0 N–H and O–H groups in total. The highest BCUT2D eigenvalue weighted by Crippen LogP contribution is 2.33. The first-order valence-corrected chi connectivity index (χ1v) is 6.64. The molecule has 0 saturated heterocycles. The lowest BCUT2D eigenvalue weighted by Gasteiger charge is -2.28. The Morgan fingerprint density at radius 2 is 2.20 bits per heavy atom. The molecule has 5 heteroatoms. The molecular weight excluding hydrogens is 323 g/mol. The third-order valence-electron chi connectivity index (χ3n) is 2.95. The summed E-state index contributed by atoms with van der Waals surface area (Å²) in [5.74, 6) is -0.0693. The minimum Gasteiger partial charge on any atom is -0.479 e. The van der Waals surface area contributed by atoms with Gasteiger partial charge in [0.2, 0.25) is 0 Å². The Hall–Kier alpha value is -2.06. The molecule has 0 bridgehead atoms. The van der Waals surface area contributed by atoms with Crippen molar-refractivity contribution < 1.29 is 9.13 Å². The quantitative estimate of drug-likeness (QED) is 0.843. The third kappa shape index (κ3) is 2.75. The van der Waals surface area contributed by atoms with E-state index in [1.165, 1.54) is 6.07 Å². The molecule has 0 saturated carbocycles. The molecule has 20 heavy (non-hydrogen) atoms. The van der Waals surface area contributed by atoms with Crippen molar-refractivity contribution in [1.82, 2.24) is 4.90 Å². The number of hydrogen-bond donors (Lipinski definition) is 0. The summed E-state index contributed by atoms with van der Waals surface area (Å²) < 4.78 is 20.1. The van der Waals surface area contributed by atoms with E-state index in [1.54, 1.807) is 17.0 Å². The second kappa shape index (κ2) is 5.93. The molecule has 0 unspecified atom stereocenters. The van der Waals surface area contributed by atoms with E-state index in [2.05, 4.69) is 22.5 Å². The molecule has 0 amide bonds. The molecule has 3 nitrogen and oxygen atoms in total. The number of hydrogen-bond acceptors (Lipinski definition) is 3. The van der Waals surface area contributed by atoms with E-state index in [0.29, 0.717) is 17.0 Å². The maximum absolute atomic E-state index is 14.2. The van der Waals surface area contributed by atoms with Crippen molar-refractivity contribution in [2.75, 3.05) is 13.7 Å². The van der Waals surface area contributed by atoms with Crippen LogP contribution >= 0.6 is 15.9 Å². The van der Waals surface area contributed by atoms with Gasteiger partial charge in [0, 0.05) is 28.9 Å². The van der Waals surface area contributed by atoms with Gasteiger partial charge in [0.1, 0.15) is 17.6 Å². The first-order valence-electron chi connectivity index (χ1n) is 5.84. The van der Waals surface area contributed by atoms with E-state index in [1.807, 2.05) is 25.3 Å². The SMILES string of the molecule is C=C1C(Br)=CC=C(c2ccc(OCC#N)cc2F)N1C. The van der Waals surface area contributed by atoms with Crippen molar-refractivity contribution in [3.8, 4) is 11.8 Å². The van der Waals surface area contributed by atoms with Gasteiger partial charge in [-0.1, -0.05) is 6.58 Å². The summed E-state index contributed by atoms with van der Waals surface area (Å²) in [6, 6.07) is 6.39. The van der Waals surface area contributed by atoms with Gasteiger partial charge in [0.15, 0.2) is 6.61 Å². The zero-order chi connectivity index (χ0) is 14.7. The van der Waals surface area contributed by atoms with Crippen LogP contribution in [0, 0.1) is 17.1 Å². The molecule has 1 aromatic carbocycles. The molecule has 0 spiro atoms. The smallest absolute Gasteiger partial charge is 0.174 e. The van der Waals surface area contributed by atoms with Crippen molar-refractivity contribution >= 4 is 21.6 Å². The molecule has 0 aliphatic carbocycles. The molecule has 0 aromatic heterocycles. The number of ether oxygens (including phenoxy) is 1. The Labute approximate surface area is 125 Å². The van der Waals surface area contributed by atoms with Gasteiger partial charge in [-0.25, -0.2) is 4.39 Å². The lowest BCUT2D eigenvalue weighted by Crippen LogP contribution is -2.18. The van der Waals surface area contributed by atoms with Crippen molar-refractivity contribution in [2.45, 2.75) is 0 Å². The van der Waals surface area contributed by atoms with Crippen molar-refractivity contribution in [2.24, 2.45) is 0 Å². The molecule has 1 aromatic rings. The van der Waals surface area contributed by atoms with Crippen LogP contribution in [-0.4, -0.2) is 18.6 Å². The minimum absolute atomic E-state index is 0.103. The third-order valence-corrected chi connectivity index (χ3v) is 3.67. The van der Waals surface area contributed by atoms with Gasteiger partial charge in [-0.3, -0.25) is 0 Å². The molecule has 1 aliphatic rings. The molecule has 0 fully saturated rings. The zero-order valence-electron chi connectivity index (χ0n) is 10.9. The number of halogens is 2. The lowest BCUT2D eigenvalue weighted by molar-refractivity contribution is 0.365. The van der Waals surface area contributed by atoms with Gasteiger partial charge in [0.25, 0.3) is 0 Å². The van der Waals surface area contributed by atoms with Crippen LogP contribution < -0.4 is 4.74 Å². The topological polar surface area (TPSA) is 36.3 Å². The van der Waals surface area contributed by atoms with Gasteiger partial charge in [-0.2, -0.15) is 5.26 Å². The van der Waals surface area contributed by atoms with E-state index < -0.39 is 5.82 Å². The second-order valence-corrected chi connectivity index (χ2v) is 5.02. The van der Waals surface area contributed by atoms with E-state index >= 15 is 0 Å². The fourth-order valence-electron chi connectivity index (χ4n) is 1.85. The number of rotatable bonds is 3. The standard InChI is InChI=1S/C15H12BrFN2O/c1-10-13(16)5-6-15(19(10)2)12-4-3-11(9-14(12)17)20-8-7-18/h3-6,9H,1,8H2,2H3. The predicted octanol–water partition coefficient (Wildman–Crippen LogP) is 3.81. The van der Waals surface area contributed by atoms with Crippen LogP contribution in [0.5, 0.6) is 5.75 Å². The largest absolute Gasteiger partial charge is 0.479 e. The van der Waals surface area contributed by atoms with Crippen LogP contribution in [0.3, 0.4) is 0 Å². The summed E-state index contributed by atoms with van der Waals surface area (Å²) in [5.41, 5.74) is 1.92. The number of allylic oxidation sites excluding steroid dienone is 3. The fraction of sp³-hybridized carbons (Fsp3) is 0.133. The Morgan fingerprint density at radius 3 is 2.85 bits per heavy atom. The van der Waals surface area contributed by atoms with E-state index in [9.17, 15) is 4.39 Å². The normalized spacial score (nSPS) is 14.5. The molecule has 0 radical (unpaired) electrons. The minimum atomic E-state index is -0.405. The van der Waals surface area contributed by atoms with Crippen LogP contribution in [0.25, 0.3) is 5.70 Å². The van der Waals surface area contributed by atoms with E-state index in [-0.39, 0.29) is 6.61 Å². The molecule has 102 valence electrons. The summed E-state index contributed by atoms with van der Waals surface area (Å²) in [6.45, 7) is 3.82. The predicted molar refractivity (Wildman–Crippen MR) is 79.4 cm³/mol. The highest BCUT2D eigenvalue weighted by molar-refractivity contribution is 9.12. The first kappa shape index (κ1) is 14.4. The van der Waals surface area contributed by atoms with Crippen LogP contribution in [0.2, 0.25) is 0 Å². The van der Waals surface area contributed by atoms with Crippen LogP contribution in [0.15, 0.2) is 47.1 Å². The second-order valence-electron chi connectivity index (χ2n) is 4.16. The number of nitrogens with zero attached hydrogens (tertiary/aromatic N) is 2. The maximum Gasteiger partial charge on any atom is 0.174 e. The van der Waals surface area contributed by atoms with E-state index in [0.717, 1.165) is 10.2 Å². The van der Waals surface area contributed by atoms with Crippen molar-refractivity contribution in [3.63, 3.8) is 0 Å². The molecular formula is C15H12BrFN2O. The van der Waals surface area contributed by atoms with E-state index in [4.69, 9.17) is 10.00 Å². The lowest BCUT2D eigenvalue weighted by atomic mass is 10.1. The van der Waals surface area contributed by atoms with Crippen LogP contribution in [-0.2, 0) is 0 Å². The monoisotopic (exact) mass is 334 g/mol. The van der Waals surface area contributed by atoms with Gasteiger partial charge in [-0.05, 0) is 40.2 Å². The molecule has 0 atom stereocenters. The van der Waals surface area contributed by atoms with Gasteiger partial charge in [-0.15, -0.1) is 0 Å². The molecule has 1 aliphatic heterocycles. The Morgan fingerprint density at radius 1 is 1.45 bits per heavy atom. The number of nitriles is 1. The Bertz CT molecular complexity index is 658. The van der Waals surface area contributed by atoms with Crippen LogP contribution in [0.4, 0.5) is 4.39 Å². The first-order chi connectivity index (χ1) is 9.54. The average Bonchev–Trinajstić information content (AvgIpc) is 2.44. The van der Waals surface area contributed by atoms with Crippen molar-refractivity contribution in [3.05, 3.63) is 58.5 Å². The number of benzene rings is 1. The highest BCUT2D eigenvalue weighted by atomic mass is 79.9. The average molecular weight is 335 g/mol. The molecule has 1 heterocycles. The summed E-state index contributed by atoms with van der Waals surface area (Å²) in [6.07, 6.45) is 3.64.